The molecule has 0 aromatic heterocycles. The maximum absolute atomic E-state index is 13.2. The molecule has 0 spiro atoms. The molecular formula is C29H34N4O3. The second-order valence-electron chi connectivity index (χ2n) is 9.28. The summed E-state index contributed by atoms with van der Waals surface area (Å²) >= 11 is 0. The molecule has 1 heterocycles. The van der Waals surface area contributed by atoms with Crippen molar-refractivity contribution in [3.05, 3.63) is 83.4 Å². The van der Waals surface area contributed by atoms with E-state index in [0.29, 0.717) is 16.8 Å². The number of carbonyl (C=O) groups is 2. The first-order chi connectivity index (χ1) is 17.4. The molecule has 0 unspecified atom stereocenters. The summed E-state index contributed by atoms with van der Waals surface area (Å²) in [5.41, 5.74) is 4.60. The van der Waals surface area contributed by atoms with Crippen molar-refractivity contribution in [3.8, 4) is 5.75 Å². The van der Waals surface area contributed by atoms with Gasteiger partial charge in [0.25, 0.3) is 11.8 Å². The molecule has 1 aliphatic heterocycles. The number of amides is 2. The maximum Gasteiger partial charge on any atom is 0.255 e. The Bertz CT molecular complexity index is 1230. The van der Waals surface area contributed by atoms with Gasteiger partial charge in [0.1, 0.15) is 5.75 Å². The van der Waals surface area contributed by atoms with Gasteiger partial charge >= 0.3 is 0 Å². The number of aryl methyl sites for hydroxylation is 1. The fourth-order valence-electron chi connectivity index (χ4n) is 4.52. The van der Waals surface area contributed by atoms with E-state index in [2.05, 4.69) is 26.5 Å². The number of rotatable bonds is 7. The summed E-state index contributed by atoms with van der Waals surface area (Å²) in [5, 5.41) is 5.96. The first-order valence-corrected chi connectivity index (χ1v) is 12.3. The van der Waals surface area contributed by atoms with Crippen LogP contribution in [-0.4, -0.2) is 51.1 Å². The Hall–Kier alpha value is -4.00. The van der Waals surface area contributed by atoms with E-state index in [1.54, 1.807) is 19.2 Å². The second-order valence-corrected chi connectivity index (χ2v) is 9.28. The van der Waals surface area contributed by atoms with Gasteiger partial charge in [-0.2, -0.15) is 0 Å². The van der Waals surface area contributed by atoms with Crippen molar-refractivity contribution in [1.82, 2.24) is 5.32 Å². The van der Waals surface area contributed by atoms with Gasteiger partial charge in [-0.15, -0.1) is 0 Å². The monoisotopic (exact) mass is 486 g/mol. The van der Waals surface area contributed by atoms with Crippen LogP contribution in [-0.2, 0) is 0 Å². The minimum Gasteiger partial charge on any atom is -0.495 e. The third kappa shape index (κ3) is 5.62. The van der Waals surface area contributed by atoms with Gasteiger partial charge in [-0.3, -0.25) is 9.59 Å². The van der Waals surface area contributed by atoms with Crippen LogP contribution in [0.25, 0.3) is 0 Å². The number of nitrogens with one attached hydrogen (secondary N) is 2. The first-order valence-electron chi connectivity index (χ1n) is 12.3. The minimum atomic E-state index is -0.193. The van der Waals surface area contributed by atoms with Gasteiger partial charge in [0, 0.05) is 49.2 Å². The molecule has 2 N–H and O–H groups in total. The quantitative estimate of drug-likeness (QED) is 0.506. The number of anilines is 3. The topological polar surface area (TPSA) is 73.9 Å². The fourth-order valence-corrected chi connectivity index (χ4v) is 4.52. The molecule has 1 aliphatic rings. The summed E-state index contributed by atoms with van der Waals surface area (Å²) in [7, 11) is 1.69. The van der Waals surface area contributed by atoms with Crippen molar-refractivity contribution in [2.45, 2.75) is 26.8 Å². The van der Waals surface area contributed by atoms with Crippen LogP contribution in [0.2, 0.25) is 0 Å². The number of hydrogen-bond acceptors (Lipinski definition) is 5. The summed E-state index contributed by atoms with van der Waals surface area (Å²) in [6, 6.07) is 21.1. The molecule has 1 fully saturated rings. The molecule has 1 saturated heterocycles. The molecule has 2 amide bonds. The van der Waals surface area contributed by atoms with Gasteiger partial charge in [-0.05, 0) is 62.7 Å². The Balaban J connectivity index is 1.56. The number of benzene rings is 3. The predicted molar refractivity (Wildman–Crippen MR) is 146 cm³/mol. The average molecular weight is 487 g/mol. The van der Waals surface area contributed by atoms with Gasteiger partial charge in [0.2, 0.25) is 0 Å². The molecule has 0 bridgehead atoms. The SMILES string of the molecule is COc1ccccc1N1CCN(c2ccc(NC(=O)c3ccccc3C)cc2C(=O)NC(C)C)CC1. The normalized spacial score (nSPS) is 13.5. The van der Waals surface area contributed by atoms with E-state index in [9.17, 15) is 9.59 Å². The van der Waals surface area contributed by atoms with Crippen LogP contribution < -0.4 is 25.2 Å². The standard InChI is InChI=1S/C29H34N4O3/c1-20(2)30-29(35)24-19-22(31-28(34)23-10-6-5-9-21(23)3)13-14-25(24)32-15-17-33(18-16-32)26-11-7-8-12-27(26)36-4/h5-14,19-20H,15-18H2,1-4H3,(H,30,35)(H,31,34). The number of nitrogens with zero attached hydrogens (tertiary/aromatic N) is 2. The van der Waals surface area contributed by atoms with Crippen LogP contribution in [0.5, 0.6) is 5.75 Å². The molecule has 4 rings (SSSR count). The second kappa shape index (κ2) is 11.2. The van der Waals surface area contributed by atoms with Gasteiger partial charge in [-0.25, -0.2) is 0 Å². The van der Waals surface area contributed by atoms with E-state index in [-0.39, 0.29) is 17.9 Å². The molecule has 0 saturated carbocycles. The third-order valence-corrected chi connectivity index (χ3v) is 6.35. The lowest BCUT2D eigenvalue weighted by Gasteiger charge is -2.38. The smallest absolute Gasteiger partial charge is 0.255 e. The Kier molecular flexibility index (Phi) is 7.78. The minimum absolute atomic E-state index is 0.00189. The lowest BCUT2D eigenvalue weighted by atomic mass is 10.1. The van der Waals surface area contributed by atoms with Crippen LogP contribution >= 0.6 is 0 Å². The van der Waals surface area contributed by atoms with Crippen molar-refractivity contribution >= 4 is 28.9 Å². The Labute approximate surface area is 213 Å². The van der Waals surface area contributed by atoms with Crippen LogP contribution in [0.1, 0.15) is 40.1 Å². The first kappa shape index (κ1) is 25.1. The maximum atomic E-state index is 13.2. The molecule has 3 aromatic rings. The zero-order valence-electron chi connectivity index (χ0n) is 21.4. The highest BCUT2D eigenvalue weighted by Crippen LogP contribution is 2.31. The number of methoxy groups -OCH3 is 1. The number of hydrogen-bond donors (Lipinski definition) is 2. The summed E-state index contributed by atoms with van der Waals surface area (Å²) in [5.74, 6) is 0.511. The average Bonchev–Trinajstić information content (AvgIpc) is 2.88. The lowest BCUT2D eigenvalue weighted by molar-refractivity contribution is 0.0942. The highest BCUT2D eigenvalue weighted by Gasteiger charge is 2.24. The summed E-state index contributed by atoms with van der Waals surface area (Å²) < 4.78 is 5.54. The molecule has 36 heavy (non-hydrogen) atoms. The predicted octanol–water partition coefficient (Wildman–Crippen LogP) is 4.72. The number of piperazine rings is 1. The molecule has 188 valence electrons. The van der Waals surface area contributed by atoms with E-state index < -0.39 is 0 Å². The van der Waals surface area contributed by atoms with Crippen molar-refractivity contribution in [2.24, 2.45) is 0 Å². The summed E-state index contributed by atoms with van der Waals surface area (Å²) in [6.45, 7) is 8.91. The zero-order valence-corrected chi connectivity index (χ0v) is 21.4. The fraction of sp³-hybridized carbons (Fsp3) is 0.310. The van der Waals surface area contributed by atoms with Gasteiger partial charge in [0.15, 0.2) is 0 Å². The molecule has 3 aromatic carbocycles. The van der Waals surface area contributed by atoms with Gasteiger partial charge in [-0.1, -0.05) is 30.3 Å². The van der Waals surface area contributed by atoms with E-state index in [0.717, 1.165) is 48.9 Å². The Morgan fingerprint density at radius 3 is 2.11 bits per heavy atom. The van der Waals surface area contributed by atoms with Crippen LogP contribution in [0, 0.1) is 6.92 Å². The van der Waals surface area contributed by atoms with Gasteiger partial charge in [0.05, 0.1) is 18.4 Å². The summed E-state index contributed by atoms with van der Waals surface area (Å²) in [6.07, 6.45) is 0. The van der Waals surface area contributed by atoms with E-state index in [4.69, 9.17) is 4.74 Å². The highest BCUT2D eigenvalue weighted by atomic mass is 16.5. The number of ether oxygens (including phenoxy) is 1. The van der Waals surface area contributed by atoms with Gasteiger partial charge < -0.3 is 25.2 Å². The largest absolute Gasteiger partial charge is 0.495 e. The van der Waals surface area contributed by atoms with Crippen LogP contribution in [0.4, 0.5) is 17.1 Å². The van der Waals surface area contributed by atoms with E-state index >= 15 is 0 Å². The molecule has 7 heteroatoms. The van der Waals surface area contributed by atoms with Crippen molar-refractivity contribution in [1.29, 1.82) is 0 Å². The van der Waals surface area contributed by atoms with E-state index in [1.165, 1.54) is 0 Å². The third-order valence-electron chi connectivity index (χ3n) is 6.35. The number of carbonyl (C=O) groups excluding carboxylic acids is 2. The Morgan fingerprint density at radius 2 is 1.44 bits per heavy atom. The van der Waals surface area contributed by atoms with Crippen LogP contribution in [0.3, 0.4) is 0 Å². The van der Waals surface area contributed by atoms with Crippen molar-refractivity contribution in [3.63, 3.8) is 0 Å². The number of para-hydroxylation sites is 2. The summed E-state index contributed by atoms with van der Waals surface area (Å²) in [4.78, 5) is 30.6. The molecular weight excluding hydrogens is 452 g/mol. The van der Waals surface area contributed by atoms with E-state index in [1.807, 2.05) is 69.3 Å². The molecule has 7 nitrogen and oxygen atoms in total. The molecule has 0 aliphatic carbocycles. The molecule has 0 radical (unpaired) electrons. The highest BCUT2D eigenvalue weighted by molar-refractivity contribution is 6.07. The zero-order chi connectivity index (χ0) is 25.7. The molecule has 0 atom stereocenters. The van der Waals surface area contributed by atoms with Crippen molar-refractivity contribution < 1.29 is 14.3 Å². The van der Waals surface area contributed by atoms with Crippen molar-refractivity contribution in [2.75, 3.05) is 48.4 Å². The lowest BCUT2D eigenvalue weighted by Crippen LogP contribution is -2.47. The van der Waals surface area contributed by atoms with Crippen LogP contribution in [0.15, 0.2) is 66.7 Å². The Morgan fingerprint density at radius 1 is 0.806 bits per heavy atom.